The minimum Gasteiger partial charge on any atom is -0.495 e. The standard InChI is InChI=1S/C18H21N3O7S/c1-12-5-7-17(28-3)15(9-12)20(29(4,25)26)11-18(22)19-14-10-13(21(23)24)6-8-16(14)27-2/h5-10H,11H2,1-4H3,(H,19,22). The van der Waals surface area contributed by atoms with Crippen molar-refractivity contribution in [2.45, 2.75) is 6.92 Å². The lowest BCUT2D eigenvalue weighted by molar-refractivity contribution is -0.384. The van der Waals surface area contributed by atoms with Gasteiger partial charge >= 0.3 is 0 Å². The number of nitrogens with one attached hydrogen (secondary N) is 1. The molecule has 1 amide bonds. The lowest BCUT2D eigenvalue weighted by Crippen LogP contribution is -2.37. The number of nitro groups is 1. The third-order valence-corrected chi connectivity index (χ3v) is 5.09. The molecule has 0 fully saturated rings. The molecule has 0 aliphatic rings. The van der Waals surface area contributed by atoms with Crippen molar-refractivity contribution in [3.63, 3.8) is 0 Å². The van der Waals surface area contributed by atoms with E-state index < -0.39 is 27.4 Å². The molecule has 0 saturated carbocycles. The summed E-state index contributed by atoms with van der Waals surface area (Å²) >= 11 is 0. The monoisotopic (exact) mass is 423 g/mol. The Hall–Kier alpha value is -3.34. The molecule has 2 aromatic rings. The van der Waals surface area contributed by atoms with Gasteiger partial charge in [-0.05, 0) is 30.7 Å². The molecule has 1 N–H and O–H groups in total. The van der Waals surface area contributed by atoms with Gasteiger partial charge in [-0.25, -0.2) is 8.42 Å². The quantitative estimate of drug-likeness (QED) is 0.510. The molecule has 0 spiro atoms. The molecule has 2 aromatic carbocycles. The topological polar surface area (TPSA) is 128 Å². The second-order valence-corrected chi connectivity index (χ2v) is 8.04. The van der Waals surface area contributed by atoms with Crippen molar-refractivity contribution in [3.8, 4) is 11.5 Å². The molecular formula is C18H21N3O7S. The van der Waals surface area contributed by atoms with Crippen molar-refractivity contribution < 1.29 is 27.6 Å². The van der Waals surface area contributed by atoms with Crippen molar-refractivity contribution in [1.29, 1.82) is 0 Å². The van der Waals surface area contributed by atoms with Gasteiger partial charge in [0.2, 0.25) is 15.9 Å². The first-order valence-electron chi connectivity index (χ1n) is 8.31. The summed E-state index contributed by atoms with van der Waals surface area (Å²) < 4.78 is 35.9. The molecule has 0 heterocycles. The van der Waals surface area contributed by atoms with Gasteiger partial charge in [0.1, 0.15) is 18.0 Å². The zero-order chi connectivity index (χ0) is 21.8. The fourth-order valence-electron chi connectivity index (χ4n) is 2.60. The summed E-state index contributed by atoms with van der Waals surface area (Å²) in [4.78, 5) is 23.0. The Morgan fingerprint density at radius 1 is 1.14 bits per heavy atom. The number of carbonyl (C=O) groups is 1. The Morgan fingerprint density at radius 3 is 2.31 bits per heavy atom. The van der Waals surface area contributed by atoms with Crippen molar-refractivity contribution in [3.05, 3.63) is 52.1 Å². The number of rotatable bonds is 8. The molecular weight excluding hydrogens is 402 g/mol. The molecule has 0 unspecified atom stereocenters. The van der Waals surface area contributed by atoms with Gasteiger partial charge in [-0.1, -0.05) is 6.07 Å². The number of aryl methyl sites for hydroxylation is 1. The molecule has 0 aliphatic carbocycles. The number of nitro benzene ring substituents is 1. The highest BCUT2D eigenvalue weighted by atomic mass is 32.2. The van der Waals surface area contributed by atoms with Crippen LogP contribution in [-0.2, 0) is 14.8 Å². The van der Waals surface area contributed by atoms with Gasteiger partial charge in [0, 0.05) is 12.1 Å². The number of ether oxygens (including phenoxy) is 2. The molecule has 11 heteroatoms. The average Bonchev–Trinajstić information content (AvgIpc) is 2.65. The zero-order valence-electron chi connectivity index (χ0n) is 16.3. The van der Waals surface area contributed by atoms with Crippen LogP contribution in [0.15, 0.2) is 36.4 Å². The van der Waals surface area contributed by atoms with E-state index in [1.807, 2.05) is 0 Å². The fraction of sp³-hybridized carbons (Fsp3) is 0.278. The van der Waals surface area contributed by atoms with Gasteiger partial charge in [0.15, 0.2) is 0 Å². The van der Waals surface area contributed by atoms with Gasteiger partial charge in [0.25, 0.3) is 5.69 Å². The maximum absolute atomic E-state index is 12.6. The first-order chi connectivity index (χ1) is 13.6. The van der Waals surface area contributed by atoms with Crippen LogP contribution in [0.3, 0.4) is 0 Å². The van der Waals surface area contributed by atoms with Crippen LogP contribution in [0.4, 0.5) is 17.1 Å². The Balaban J connectivity index is 2.37. The van der Waals surface area contributed by atoms with E-state index in [9.17, 15) is 23.3 Å². The second-order valence-electron chi connectivity index (χ2n) is 6.13. The van der Waals surface area contributed by atoms with Gasteiger partial charge in [-0.2, -0.15) is 0 Å². The summed E-state index contributed by atoms with van der Waals surface area (Å²) in [5.74, 6) is -0.234. The molecule has 0 atom stereocenters. The first-order valence-corrected chi connectivity index (χ1v) is 10.2. The maximum atomic E-state index is 12.6. The van der Waals surface area contributed by atoms with Crippen LogP contribution in [-0.4, -0.2) is 46.3 Å². The van der Waals surface area contributed by atoms with Gasteiger partial charge in [-0.3, -0.25) is 19.2 Å². The highest BCUT2D eigenvalue weighted by molar-refractivity contribution is 7.92. The summed E-state index contributed by atoms with van der Waals surface area (Å²) in [5, 5.41) is 13.5. The van der Waals surface area contributed by atoms with Crippen LogP contribution < -0.4 is 19.1 Å². The highest BCUT2D eigenvalue weighted by Gasteiger charge is 2.25. The Bertz CT molecular complexity index is 1040. The Kier molecular flexibility index (Phi) is 6.64. The predicted molar refractivity (Wildman–Crippen MR) is 108 cm³/mol. The zero-order valence-corrected chi connectivity index (χ0v) is 17.1. The normalized spacial score (nSPS) is 10.9. The van der Waals surface area contributed by atoms with Crippen molar-refractivity contribution in [1.82, 2.24) is 0 Å². The van der Waals surface area contributed by atoms with Crippen LogP contribution in [0, 0.1) is 17.0 Å². The lowest BCUT2D eigenvalue weighted by atomic mass is 10.2. The average molecular weight is 423 g/mol. The Labute approximate surface area is 168 Å². The van der Waals surface area contributed by atoms with E-state index in [1.54, 1.807) is 25.1 Å². The van der Waals surface area contributed by atoms with Crippen LogP contribution in [0.2, 0.25) is 0 Å². The second kappa shape index (κ2) is 8.78. The molecule has 10 nitrogen and oxygen atoms in total. The summed E-state index contributed by atoms with van der Waals surface area (Å²) in [7, 11) is -1.10. The third kappa shape index (κ3) is 5.35. The molecule has 0 bridgehead atoms. The number of methoxy groups -OCH3 is 2. The predicted octanol–water partition coefficient (Wildman–Crippen LogP) is 2.33. The van der Waals surface area contributed by atoms with E-state index in [0.29, 0.717) is 0 Å². The van der Waals surface area contributed by atoms with E-state index >= 15 is 0 Å². The van der Waals surface area contributed by atoms with Crippen molar-refractivity contribution >= 4 is 33.0 Å². The summed E-state index contributed by atoms with van der Waals surface area (Å²) in [6.45, 7) is 1.21. The van der Waals surface area contributed by atoms with E-state index in [1.165, 1.54) is 26.4 Å². The number of non-ortho nitro benzene ring substituents is 1. The van der Waals surface area contributed by atoms with Crippen LogP contribution >= 0.6 is 0 Å². The van der Waals surface area contributed by atoms with E-state index in [2.05, 4.69) is 5.32 Å². The number of amides is 1. The fourth-order valence-corrected chi connectivity index (χ4v) is 3.46. The number of hydrogen-bond donors (Lipinski definition) is 1. The van der Waals surface area contributed by atoms with Crippen molar-refractivity contribution in [2.24, 2.45) is 0 Å². The molecule has 29 heavy (non-hydrogen) atoms. The van der Waals surface area contributed by atoms with E-state index in [-0.39, 0.29) is 28.6 Å². The maximum Gasteiger partial charge on any atom is 0.271 e. The summed E-state index contributed by atoms with van der Waals surface area (Å²) in [6.07, 6.45) is 0.968. The van der Waals surface area contributed by atoms with Gasteiger partial charge in [0.05, 0.1) is 36.8 Å². The molecule has 2 rings (SSSR count). The van der Waals surface area contributed by atoms with Crippen LogP contribution in [0.1, 0.15) is 5.56 Å². The van der Waals surface area contributed by atoms with Crippen LogP contribution in [0.25, 0.3) is 0 Å². The first kappa shape index (κ1) is 22.0. The van der Waals surface area contributed by atoms with Crippen LogP contribution in [0.5, 0.6) is 11.5 Å². The van der Waals surface area contributed by atoms with Gasteiger partial charge < -0.3 is 14.8 Å². The Morgan fingerprint density at radius 2 is 1.76 bits per heavy atom. The minimum absolute atomic E-state index is 0.0522. The number of benzene rings is 2. The molecule has 0 radical (unpaired) electrons. The number of sulfonamides is 1. The van der Waals surface area contributed by atoms with E-state index in [0.717, 1.165) is 22.2 Å². The molecule has 0 aromatic heterocycles. The summed E-state index contributed by atoms with van der Waals surface area (Å²) in [5.41, 5.74) is 0.782. The smallest absolute Gasteiger partial charge is 0.271 e. The van der Waals surface area contributed by atoms with Gasteiger partial charge in [-0.15, -0.1) is 0 Å². The molecule has 0 saturated heterocycles. The van der Waals surface area contributed by atoms with Crippen molar-refractivity contribution in [2.75, 3.05) is 36.6 Å². The molecule has 156 valence electrons. The SMILES string of the molecule is COc1ccc([N+](=O)[O-])cc1NC(=O)CN(c1cc(C)ccc1OC)S(C)(=O)=O. The number of nitrogens with zero attached hydrogens (tertiary/aromatic N) is 2. The minimum atomic E-state index is -3.84. The largest absolute Gasteiger partial charge is 0.495 e. The highest BCUT2D eigenvalue weighted by Crippen LogP contribution is 2.32. The molecule has 0 aliphatic heterocycles. The number of carbonyl (C=O) groups excluding carboxylic acids is 1. The third-order valence-electron chi connectivity index (χ3n) is 3.96. The van der Waals surface area contributed by atoms with E-state index in [4.69, 9.17) is 9.47 Å². The summed E-state index contributed by atoms with van der Waals surface area (Å²) in [6, 6.07) is 8.64. The lowest BCUT2D eigenvalue weighted by Gasteiger charge is -2.24. The number of anilines is 2. The number of hydrogen-bond acceptors (Lipinski definition) is 7.